The van der Waals surface area contributed by atoms with Gasteiger partial charge in [0.25, 0.3) is 10.0 Å². The Morgan fingerprint density at radius 3 is 2.96 bits per heavy atom. The van der Waals surface area contributed by atoms with Gasteiger partial charge in [-0.3, -0.25) is 4.79 Å². The number of rotatable bonds is 5. The lowest BCUT2D eigenvalue weighted by molar-refractivity contribution is -0.117. The molecule has 3 heterocycles. The van der Waals surface area contributed by atoms with Crippen molar-refractivity contribution in [1.82, 2.24) is 14.6 Å². The van der Waals surface area contributed by atoms with Crippen LogP contribution >= 0.6 is 11.3 Å². The van der Waals surface area contributed by atoms with Crippen molar-refractivity contribution in [2.75, 3.05) is 13.1 Å². The van der Waals surface area contributed by atoms with E-state index in [0.717, 1.165) is 11.3 Å². The van der Waals surface area contributed by atoms with Gasteiger partial charge in [0, 0.05) is 19.1 Å². The maximum atomic E-state index is 12.9. The van der Waals surface area contributed by atoms with Crippen LogP contribution in [-0.2, 0) is 14.8 Å². The van der Waals surface area contributed by atoms with Crippen LogP contribution in [0, 0.1) is 0 Å². The number of nitrogens with one attached hydrogen (secondary N) is 1. The number of hydrogen-bond acceptors (Lipinski definition) is 6. The van der Waals surface area contributed by atoms with Crippen molar-refractivity contribution in [3.05, 3.63) is 37.4 Å². The molecule has 2 aromatic heterocycles. The number of oxazole rings is 1. The Kier molecular flexibility index (Phi) is 5.36. The van der Waals surface area contributed by atoms with E-state index in [4.69, 9.17) is 4.42 Å². The van der Waals surface area contributed by atoms with Crippen molar-refractivity contribution in [3.8, 4) is 10.6 Å². The summed E-state index contributed by atoms with van der Waals surface area (Å²) in [6, 6.07) is 3.29. The number of nitrogens with zero attached hydrogens (tertiary/aromatic N) is 2. The van der Waals surface area contributed by atoms with Crippen LogP contribution in [0.2, 0.25) is 0 Å². The van der Waals surface area contributed by atoms with E-state index in [1.165, 1.54) is 28.1 Å². The second kappa shape index (κ2) is 7.51. The zero-order chi connectivity index (χ0) is 17.9. The fourth-order valence-corrected chi connectivity index (χ4v) is 5.68. The van der Waals surface area contributed by atoms with Crippen LogP contribution in [0.5, 0.6) is 0 Å². The highest BCUT2D eigenvalue weighted by atomic mass is 32.2. The lowest BCUT2D eigenvalue weighted by atomic mass is 10.1. The minimum absolute atomic E-state index is 0.0289. The second-order valence-electron chi connectivity index (χ2n) is 5.73. The molecule has 0 spiro atoms. The molecule has 1 N–H and O–H groups in total. The van der Waals surface area contributed by atoms with Gasteiger partial charge in [0.2, 0.25) is 5.91 Å². The SMILES string of the molecule is C=CC(=O)NC1CCCN(S(=O)(=O)c2ccc(-c3cnco3)s2)CC1. The average Bonchev–Trinajstić information content (AvgIpc) is 3.23. The highest BCUT2D eigenvalue weighted by Crippen LogP contribution is 2.32. The lowest BCUT2D eigenvalue weighted by Crippen LogP contribution is -2.35. The molecule has 1 aliphatic rings. The van der Waals surface area contributed by atoms with Gasteiger partial charge in [0.1, 0.15) is 4.21 Å². The molecule has 0 saturated carbocycles. The normalized spacial score (nSPS) is 19.3. The molecule has 1 aliphatic heterocycles. The molecule has 9 heteroatoms. The van der Waals surface area contributed by atoms with Gasteiger partial charge in [-0.15, -0.1) is 11.3 Å². The van der Waals surface area contributed by atoms with Gasteiger partial charge in [-0.25, -0.2) is 13.4 Å². The molecule has 3 rings (SSSR count). The van der Waals surface area contributed by atoms with Crippen LogP contribution in [-0.4, -0.2) is 42.7 Å². The molecule has 0 bridgehead atoms. The first kappa shape index (κ1) is 17.8. The summed E-state index contributed by atoms with van der Waals surface area (Å²) in [4.78, 5) is 16.0. The van der Waals surface area contributed by atoms with Crippen molar-refractivity contribution in [2.24, 2.45) is 0 Å². The highest BCUT2D eigenvalue weighted by Gasteiger charge is 2.29. The molecular weight excluding hydrogens is 362 g/mol. The Morgan fingerprint density at radius 1 is 1.40 bits per heavy atom. The number of amides is 1. The maximum Gasteiger partial charge on any atom is 0.252 e. The predicted molar refractivity (Wildman–Crippen MR) is 94.6 cm³/mol. The van der Waals surface area contributed by atoms with Gasteiger partial charge >= 0.3 is 0 Å². The molecule has 0 aliphatic carbocycles. The number of thiophene rings is 1. The largest absolute Gasteiger partial charge is 0.443 e. The summed E-state index contributed by atoms with van der Waals surface area (Å²) in [6.07, 6.45) is 6.13. The molecule has 2 aromatic rings. The average molecular weight is 381 g/mol. The summed E-state index contributed by atoms with van der Waals surface area (Å²) in [5.74, 6) is 0.325. The van der Waals surface area contributed by atoms with Crippen LogP contribution in [0.3, 0.4) is 0 Å². The Balaban J connectivity index is 1.72. The number of aromatic nitrogens is 1. The third-order valence-corrected chi connectivity index (χ3v) is 7.54. The van der Waals surface area contributed by atoms with Crippen LogP contribution < -0.4 is 5.32 Å². The first-order chi connectivity index (χ1) is 12.0. The molecule has 1 atom stereocenters. The van der Waals surface area contributed by atoms with Crippen molar-refractivity contribution in [2.45, 2.75) is 29.5 Å². The van der Waals surface area contributed by atoms with Gasteiger partial charge in [-0.1, -0.05) is 6.58 Å². The minimum atomic E-state index is -3.56. The Bertz CT molecular complexity index is 843. The molecule has 134 valence electrons. The molecule has 1 saturated heterocycles. The van der Waals surface area contributed by atoms with E-state index in [0.29, 0.717) is 31.7 Å². The van der Waals surface area contributed by atoms with E-state index in [1.54, 1.807) is 18.3 Å². The van der Waals surface area contributed by atoms with Crippen LogP contribution in [0.15, 0.2) is 46.0 Å². The van der Waals surface area contributed by atoms with Gasteiger partial charge < -0.3 is 9.73 Å². The highest BCUT2D eigenvalue weighted by molar-refractivity contribution is 7.91. The topological polar surface area (TPSA) is 92.5 Å². The third-order valence-electron chi connectivity index (χ3n) is 4.07. The number of hydrogen-bond donors (Lipinski definition) is 1. The molecule has 7 nitrogen and oxygen atoms in total. The van der Waals surface area contributed by atoms with Crippen LogP contribution in [0.4, 0.5) is 0 Å². The molecule has 1 amide bonds. The summed E-state index contributed by atoms with van der Waals surface area (Å²) < 4.78 is 32.8. The molecule has 1 fully saturated rings. The van der Waals surface area contributed by atoms with Gasteiger partial charge in [0.15, 0.2) is 12.2 Å². The number of carbonyl (C=O) groups excluding carboxylic acids is 1. The van der Waals surface area contributed by atoms with E-state index in [-0.39, 0.29) is 16.2 Å². The summed E-state index contributed by atoms with van der Waals surface area (Å²) in [5.41, 5.74) is 0. The quantitative estimate of drug-likeness (QED) is 0.802. The van der Waals surface area contributed by atoms with E-state index in [2.05, 4.69) is 16.9 Å². The van der Waals surface area contributed by atoms with Crippen molar-refractivity contribution in [3.63, 3.8) is 0 Å². The van der Waals surface area contributed by atoms with Crippen LogP contribution in [0.25, 0.3) is 10.6 Å². The minimum Gasteiger partial charge on any atom is -0.443 e. The molecule has 0 radical (unpaired) electrons. The van der Waals surface area contributed by atoms with E-state index < -0.39 is 10.0 Å². The van der Waals surface area contributed by atoms with Crippen molar-refractivity contribution < 1.29 is 17.6 Å². The lowest BCUT2D eigenvalue weighted by Gasteiger charge is -2.19. The summed E-state index contributed by atoms with van der Waals surface area (Å²) >= 11 is 1.17. The standard InChI is InChI=1S/C16H19N3O4S2/c1-2-15(20)18-12-4-3-8-19(9-7-12)25(21,22)16-6-5-14(24-16)13-10-17-11-23-13/h2,5-6,10-12H,1,3-4,7-9H2,(H,18,20). The fourth-order valence-electron chi connectivity index (χ4n) is 2.77. The third kappa shape index (κ3) is 4.00. The monoisotopic (exact) mass is 381 g/mol. The predicted octanol–water partition coefficient (Wildman–Crippen LogP) is 2.25. The summed E-state index contributed by atoms with van der Waals surface area (Å²) in [5, 5.41) is 2.85. The van der Waals surface area contributed by atoms with Gasteiger partial charge in [-0.2, -0.15) is 4.31 Å². The van der Waals surface area contributed by atoms with E-state index in [1.807, 2.05) is 0 Å². The summed E-state index contributed by atoms with van der Waals surface area (Å²) in [6.45, 7) is 4.26. The van der Waals surface area contributed by atoms with E-state index >= 15 is 0 Å². The Labute approximate surface area is 150 Å². The first-order valence-corrected chi connectivity index (χ1v) is 10.2. The molecule has 1 unspecified atom stereocenters. The zero-order valence-electron chi connectivity index (χ0n) is 13.6. The maximum absolute atomic E-state index is 12.9. The summed E-state index contributed by atoms with van der Waals surface area (Å²) in [7, 11) is -3.56. The van der Waals surface area contributed by atoms with Crippen molar-refractivity contribution in [1.29, 1.82) is 0 Å². The van der Waals surface area contributed by atoms with Crippen LogP contribution in [0.1, 0.15) is 19.3 Å². The first-order valence-electron chi connectivity index (χ1n) is 7.92. The molecule has 0 aromatic carbocycles. The zero-order valence-corrected chi connectivity index (χ0v) is 15.2. The van der Waals surface area contributed by atoms with Crippen molar-refractivity contribution >= 4 is 27.3 Å². The number of sulfonamides is 1. The Hall–Kier alpha value is -1.97. The molecular formula is C16H19N3O4S2. The van der Waals surface area contributed by atoms with E-state index in [9.17, 15) is 13.2 Å². The number of carbonyl (C=O) groups is 1. The van der Waals surface area contributed by atoms with Gasteiger partial charge in [-0.05, 0) is 37.5 Å². The second-order valence-corrected chi connectivity index (χ2v) is 8.98. The fraction of sp³-hybridized carbons (Fsp3) is 0.375. The smallest absolute Gasteiger partial charge is 0.252 e. The van der Waals surface area contributed by atoms with Gasteiger partial charge in [0.05, 0.1) is 11.1 Å². The Morgan fingerprint density at radius 2 is 2.24 bits per heavy atom. The molecule has 25 heavy (non-hydrogen) atoms.